The average molecular weight is 341 g/mol. The lowest BCUT2D eigenvalue weighted by molar-refractivity contribution is 0.0937. The number of hydrogen-bond donors (Lipinski definition) is 1. The maximum atomic E-state index is 12.2. The molecule has 1 N–H and O–H groups in total. The second-order valence-corrected chi connectivity index (χ2v) is 6.91. The molecule has 1 saturated carbocycles. The molecule has 3 rings (SSSR count). The third kappa shape index (κ3) is 5.43. The van der Waals surface area contributed by atoms with Gasteiger partial charge in [-0.3, -0.25) is 9.48 Å². The van der Waals surface area contributed by atoms with Crippen molar-refractivity contribution in [2.45, 2.75) is 39.7 Å². The Bertz CT molecular complexity index is 702. The molecule has 0 spiro atoms. The minimum atomic E-state index is -0.0279. The molecule has 0 aliphatic heterocycles. The summed E-state index contributed by atoms with van der Waals surface area (Å²) in [6.45, 7) is 7.02. The Labute approximate surface area is 149 Å². The van der Waals surface area contributed by atoms with Gasteiger partial charge < -0.3 is 10.1 Å². The van der Waals surface area contributed by atoms with Gasteiger partial charge in [0.1, 0.15) is 0 Å². The maximum Gasteiger partial charge on any atom is 0.251 e. The normalized spacial score (nSPS) is 13.8. The topological polar surface area (TPSA) is 56.2 Å². The molecule has 25 heavy (non-hydrogen) atoms. The van der Waals surface area contributed by atoms with Crippen LogP contribution in [0.15, 0.2) is 30.3 Å². The molecule has 1 aromatic carbocycles. The van der Waals surface area contributed by atoms with Gasteiger partial charge in [0.25, 0.3) is 5.91 Å². The number of rotatable bonds is 9. The minimum Gasteiger partial charge on any atom is -0.381 e. The second kappa shape index (κ2) is 8.30. The first-order chi connectivity index (χ1) is 12.1. The monoisotopic (exact) mass is 341 g/mol. The number of carbonyl (C=O) groups is 1. The Hall–Kier alpha value is -2.14. The molecule has 1 heterocycles. The van der Waals surface area contributed by atoms with Gasteiger partial charge in [0.2, 0.25) is 0 Å². The number of amides is 1. The number of ether oxygens (including phenoxy) is 1. The zero-order chi connectivity index (χ0) is 17.6. The number of aryl methyl sites for hydroxylation is 2. The number of carbonyl (C=O) groups excluding carboxylic acids is 1. The molecule has 1 aromatic heterocycles. The van der Waals surface area contributed by atoms with Crippen molar-refractivity contribution in [3.05, 3.63) is 52.8 Å². The van der Waals surface area contributed by atoms with Crippen LogP contribution >= 0.6 is 0 Å². The highest BCUT2D eigenvalue weighted by molar-refractivity contribution is 5.94. The third-order valence-corrected chi connectivity index (χ3v) is 4.45. The molecule has 2 aromatic rings. The van der Waals surface area contributed by atoms with E-state index in [1.54, 1.807) is 0 Å². The number of aromatic nitrogens is 2. The third-order valence-electron chi connectivity index (χ3n) is 4.45. The van der Waals surface area contributed by atoms with Crippen LogP contribution in [0.4, 0.5) is 0 Å². The summed E-state index contributed by atoms with van der Waals surface area (Å²) in [5.74, 6) is 0.766. The first-order valence-corrected chi connectivity index (χ1v) is 9.08. The molecular formula is C20H27N3O2. The predicted octanol–water partition coefficient (Wildman–Crippen LogP) is 3.09. The van der Waals surface area contributed by atoms with Gasteiger partial charge in [0, 0.05) is 31.0 Å². The SMILES string of the molecule is Cc1cc(C)n(Cc2ccc(C(=O)NCCCOCC3CC3)cc2)n1. The maximum absolute atomic E-state index is 12.2. The molecular weight excluding hydrogens is 314 g/mol. The minimum absolute atomic E-state index is 0.0279. The van der Waals surface area contributed by atoms with Crippen molar-refractivity contribution in [3.63, 3.8) is 0 Å². The van der Waals surface area contributed by atoms with E-state index in [0.717, 1.165) is 49.0 Å². The Kier molecular flexibility index (Phi) is 5.87. The molecule has 1 amide bonds. The molecule has 134 valence electrons. The highest BCUT2D eigenvalue weighted by Gasteiger charge is 2.20. The van der Waals surface area contributed by atoms with Crippen LogP contribution in [-0.2, 0) is 11.3 Å². The molecule has 5 nitrogen and oxygen atoms in total. The van der Waals surface area contributed by atoms with Crippen LogP contribution in [0.3, 0.4) is 0 Å². The lowest BCUT2D eigenvalue weighted by atomic mass is 10.1. The molecule has 0 saturated heterocycles. The molecule has 1 aliphatic carbocycles. The van der Waals surface area contributed by atoms with Crippen molar-refractivity contribution < 1.29 is 9.53 Å². The van der Waals surface area contributed by atoms with Crippen molar-refractivity contribution in [2.75, 3.05) is 19.8 Å². The van der Waals surface area contributed by atoms with E-state index in [9.17, 15) is 4.79 Å². The molecule has 0 unspecified atom stereocenters. The standard InChI is InChI=1S/C20H27N3O2/c1-15-12-16(2)23(22-15)13-17-6-8-19(9-7-17)20(24)21-10-3-11-25-14-18-4-5-18/h6-9,12,18H,3-5,10-11,13-14H2,1-2H3,(H,21,24). The van der Waals surface area contributed by atoms with Gasteiger partial charge in [0.05, 0.1) is 12.2 Å². The zero-order valence-corrected chi connectivity index (χ0v) is 15.1. The van der Waals surface area contributed by atoms with Crippen LogP contribution in [0.1, 0.15) is 46.6 Å². The van der Waals surface area contributed by atoms with E-state index in [2.05, 4.69) is 23.4 Å². The van der Waals surface area contributed by atoms with Gasteiger partial charge in [-0.15, -0.1) is 0 Å². The molecule has 1 aliphatic rings. The largest absolute Gasteiger partial charge is 0.381 e. The number of benzene rings is 1. The van der Waals surface area contributed by atoms with E-state index in [4.69, 9.17) is 4.74 Å². The summed E-state index contributed by atoms with van der Waals surface area (Å²) >= 11 is 0. The average Bonchev–Trinajstić information content (AvgIpc) is 3.36. The van der Waals surface area contributed by atoms with Crippen LogP contribution in [-0.4, -0.2) is 35.4 Å². The summed E-state index contributed by atoms with van der Waals surface area (Å²) < 4.78 is 7.55. The van der Waals surface area contributed by atoms with Crippen LogP contribution < -0.4 is 5.32 Å². The van der Waals surface area contributed by atoms with Gasteiger partial charge in [-0.25, -0.2) is 0 Å². The Morgan fingerprint density at radius 2 is 2.04 bits per heavy atom. The number of nitrogens with one attached hydrogen (secondary N) is 1. The lowest BCUT2D eigenvalue weighted by Gasteiger charge is -2.08. The summed E-state index contributed by atoms with van der Waals surface area (Å²) in [6, 6.07) is 9.80. The van der Waals surface area contributed by atoms with E-state index in [1.165, 1.54) is 12.8 Å². The number of nitrogens with zero attached hydrogens (tertiary/aromatic N) is 2. The smallest absolute Gasteiger partial charge is 0.251 e. The van der Waals surface area contributed by atoms with E-state index in [0.29, 0.717) is 12.1 Å². The summed E-state index contributed by atoms with van der Waals surface area (Å²) in [7, 11) is 0. The van der Waals surface area contributed by atoms with Crippen molar-refractivity contribution in [3.8, 4) is 0 Å². The molecule has 0 bridgehead atoms. The highest BCUT2D eigenvalue weighted by atomic mass is 16.5. The summed E-state index contributed by atoms with van der Waals surface area (Å²) in [4.78, 5) is 12.2. The second-order valence-electron chi connectivity index (χ2n) is 6.91. The fraction of sp³-hybridized carbons (Fsp3) is 0.500. The van der Waals surface area contributed by atoms with E-state index in [1.807, 2.05) is 35.9 Å². The highest BCUT2D eigenvalue weighted by Crippen LogP contribution is 2.28. The summed E-state index contributed by atoms with van der Waals surface area (Å²) in [5, 5.41) is 7.42. The summed E-state index contributed by atoms with van der Waals surface area (Å²) in [6.07, 6.45) is 3.48. The van der Waals surface area contributed by atoms with Crippen molar-refractivity contribution >= 4 is 5.91 Å². The van der Waals surface area contributed by atoms with Crippen molar-refractivity contribution in [1.82, 2.24) is 15.1 Å². The van der Waals surface area contributed by atoms with Crippen molar-refractivity contribution in [1.29, 1.82) is 0 Å². The fourth-order valence-electron chi connectivity index (χ4n) is 2.78. The quantitative estimate of drug-likeness (QED) is 0.713. The van der Waals surface area contributed by atoms with Crippen LogP contribution in [0, 0.1) is 19.8 Å². The van der Waals surface area contributed by atoms with Crippen LogP contribution in [0.25, 0.3) is 0 Å². The van der Waals surface area contributed by atoms with Gasteiger partial charge in [0.15, 0.2) is 0 Å². The first kappa shape index (κ1) is 17.7. The zero-order valence-electron chi connectivity index (χ0n) is 15.1. The van der Waals surface area contributed by atoms with Crippen LogP contribution in [0.5, 0.6) is 0 Å². The first-order valence-electron chi connectivity index (χ1n) is 9.08. The molecule has 0 radical (unpaired) electrons. The Balaban J connectivity index is 1.41. The van der Waals surface area contributed by atoms with Gasteiger partial charge >= 0.3 is 0 Å². The Morgan fingerprint density at radius 1 is 1.28 bits per heavy atom. The van der Waals surface area contributed by atoms with Gasteiger partial charge in [-0.05, 0) is 62.8 Å². The molecule has 1 fully saturated rings. The predicted molar refractivity (Wildman–Crippen MR) is 97.7 cm³/mol. The van der Waals surface area contributed by atoms with Gasteiger partial charge in [-0.1, -0.05) is 12.1 Å². The Morgan fingerprint density at radius 3 is 2.68 bits per heavy atom. The summed E-state index contributed by atoms with van der Waals surface area (Å²) in [5.41, 5.74) is 3.99. The lowest BCUT2D eigenvalue weighted by Crippen LogP contribution is -2.25. The number of hydrogen-bond acceptors (Lipinski definition) is 3. The fourth-order valence-corrected chi connectivity index (χ4v) is 2.78. The van der Waals surface area contributed by atoms with Crippen molar-refractivity contribution in [2.24, 2.45) is 5.92 Å². The van der Waals surface area contributed by atoms with Crippen LogP contribution in [0.2, 0.25) is 0 Å². The molecule has 5 heteroatoms. The molecule has 0 atom stereocenters. The van der Waals surface area contributed by atoms with E-state index in [-0.39, 0.29) is 5.91 Å². The van der Waals surface area contributed by atoms with E-state index < -0.39 is 0 Å². The van der Waals surface area contributed by atoms with Gasteiger partial charge in [-0.2, -0.15) is 5.10 Å². The van der Waals surface area contributed by atoms with E-state index >= 15 is 0 Å².